The Labute approximate surface area is 184 Å². The molecule has 0 aromatic rings. The van der Waals surface area contributed by atoms with Crippen molar-refractivity contribution >= 4 is 5.97 Å². The first kappa shape index (κ1) is 26.6. The number of hydrogen-bond acceptors (Lipinski definition) is 4. The number of rotatable bonds is 16. The molecule has 2 unspecified atom stereocenters. The summed E-state index contributed by atoms with van der Waals surface area (Å²) < 4.78 is 5.64. The fourth-order valence-corrected chi connectivity index (χ4v) is 4.17. The first-order valence-electron chi connectivity index (χ1n) is 12.0. The van der Waals surface area contributed by atoms with E-state index in [-0.39, 0.29) is 30.7 Å². The highest BCUT2D eigenvalue weighted by Gasteiger charge is 2.30. The lowest BCUT2D eigenvalue weighted by molar-refractivity contribution is -0.150. The van der Waals surface area contributed by atoms with Gasteiger partial charge in [0.15, 0.2) is 0 Å². The van der Waals surface area contributed by atoms with Gasteiger partial charge in [-0.2, -0.15) is 0 Å². The second kappa shape index (κ2) is 17.3. The molecule has 0 bridgehead atoms. The first-order valence-corrected chi connectivity index (χ1v) is 12.0. The minimum absolute atomic E-state index is 0.115. The number of hydrogen-bond donors (Lipinski definition) is 2. The molecule has 0 heterocycles. The van der Waals surface area contributed by atoms with Crippen LogP contribution in [0.5, 0.6) is 0 Å². The second-order valence-corrected chi connectivity index (χ2v) is 8.53. The number of carbonyl (C=O) groups is 1. The molecular weight excluding hydrogens is 376 g/mol. The number of esters is 1. The van der Waals surface area contributed by atoms with E-state index in [0.29, 0.717) is 5.92 Å². The average Bonchev–Trinajstić information content (AvgIpc) is 2.73. The molecule has 4 atom stereocenters. The number of aliphatic hydroxyl groups excluding tert-OH is 2. The van der Waals surface area contributed by atoms with Crippen molar-refractivity contribution in [3.63, 3.8) is 0 Å². The van der Waals surface area contributed by atoms with Crippen LogP contribution in [0.3, 0.4) is 0 Å². The first-order chi connectivity index (χ1) is 14.6. The lowest BCUT2D eigenvalue weighted by Crippen LogP contribution is -2.32. The Morgan fingerprint density at radius 3 is 2.47 bits per heavy atom. The van der Waals surface area contributed by atoms with Gasteiger partial charge in [0.25, 0.3) is 0 Å². The zero-order valence-corrected chi connectivity index (χ0v) is 19.2. The third-order valence-electron chi connectivity index (χ3n) is 5.88. The van der Waals surface area contributed by atoms with Crippen LogP contribution in [0.4, 0.5) is 0 Å². The average molecular weight is 421 g/mol. The molecule has 172 valence electrons. The van der Waals surface area contributed by atoms with Crippen molar-refractivity contribution in [1.29, 1.82) is 0 Å². The maximum Gasteiger partial charge on any atom is 0.302 e. The Kier molecular flexibility index (Phi) is 15.4. The van der Waals surface area contributed by atoms with E-state index in [9.17, 15) is 9.90 Å². The van der Waals surface area contributed by atoms with Crippen molar-refractivity contribution in [3.8, 4) is 0 Å². The fraction of sp³-hybridized carbons (Fsp3) is 0.731. The van der Waals surface area contributed by atoms with Crippen LogP contribution in [0.1, 0.15) is 90.9 Å². The van der Waals surface area contributed by atoms with E-state index < -0.39 is 0 Å². The predicted octanol–water partition coefficient (Wildman–Crippen LogP) is 5.89. The quantitative estimate of drug-likeness (QED) is 0.141. The van der Waals surface area contributed by atoms with Gasteiger partial charge in [-0.3, -0.25) is 4.79 Å². The summed E-state index contributed by atoms with van der Waals surface area (Å²) in [6.07, 6.45) is 24.4. The van der Waals surface area contributed by atoms with Crippen LogP contribution in [0.25, 0.3) is 0 Å². The molecular formula is C26H44O4. The molecule has 4 nitrogen and oxygen atoms in total. The van der Waals surface area contributed by atoms with Crippen LogP contribution in [-0.2, 0) is 9.53 Å². The highest BCUT2D eigenvalue weighted by molar-refractivity contribution is 5.66. The summed E-state index contributed by atoms with van der Waals surface area (Å²) in [5.41, 5.74) is 0. The molecule has 30 heavy (non-hydrogen) atoms. The van der Waals surface area contributed by atoms with Crippen LogP contribution in [0.2, 0.25) is 0 Å². The molecule has 0 saturated heterocycles. The zero-order valence-electron chi connectivity index (χ0n) is 19.2. The van der Waals surface area contributed by atoms with Crippen molar-refractivity contribution in [2.45, 2.75) is 103 Å². The Morgan fingerprint density at radius 2 is 1.73 bits per heavy atom. The van der Waals surface area contributed by atoms with Crippen LogP contribution in [-0.4, -0.2) is 35.0 Å². The second-order valence-electron chi connectivity index (χ2n) is 8.53. The van der Waals surface area contributed by atoms with Crippen LogP contribution >= 0.6 is 0 Å². The lowest BCUT2D eigenvalue weighted by Gasteiger charge is -2.33. The molecule has 0 spiro atoms. The SMILES string of the molecule is CCCCCCCCC(O)/C=C/C=C/[C@H]1CC=CC[C@@H]1C(CCCCO)OC(C)=O. The Morgan fingerprint density at radius 1 is 1.03 bits per heavy atom. The van der Waals surface area contributed by atoms with Crippen LogP contribution in [0, 0.1) is 11.8 Å². The van der Waals surface area contributed by atoms with E-state index in [2.05, 4.69) is 25.2 Å². The number of unbranched alkanes of at least 4 members (excludes halogenated alkanes) is 6. The summed E-state index contributed by atoms with van der Waals surface area (Å²) in [7, 11) is 0. The fourth-order valence-electron chi connectivity index (χ4n) is 4.17. The Hall–Kier alpha value is -1.39. The topological polar surface area (TPSA) is 66.8 Å². The highest BCUT2D eigenvalue weighted by atomic mass is 16.5. The van der Waals surface area contributed by atoms with Crippen molar-refractivity contribution in [1.82, 2.24) is 0 Å². The molecule has 0 aliphatic heterocycles. The van der Waals surface area contributed by atoms with Gasteiger partial charge >= 0.3 is 5.97 Å². The monoisotopic (exact) mass is 420 g/mol. The molecule has 0 radical (unpaired) electrons. The minimum Gasteiger partial charge on any atom is -0.462 e. The van der Waals surface area contributed by atoms with E-state index in [1.54, 1.807) is 0 Å². The van der Waals surface area contributed by atoms with Crippen molar-refractivity contribution in [2.75, 3.05) is 6.61 Å². The van der Waals surface area contributed by atoms with Crippen molar-refractivity contribution in [2.24, 2.45) is 11.8 Å². The summed E-state index contributed by atoms with van der Waals surface area (Å²) in [6, 6.07) is 0. The molecule has 1 aliphatic rings. The minimum atomic E-state index is -0.379. The summed E-state index contributed by atoms with van der Waals surface area (Å²) in [6.45, 7) is 3.87. The standard InChI is InChI=1S/C26H44O4/c1-3-4-5-6-7-8-17-24(29)18-11-9-15-23-16-10-12-19-25(23)26(30-22(2)28)20-13-14-21-27/h9-12,15,18,23-27,29H,3-8,13-14,16-17,19-21H2,1-2H3/b15-9+,18-11+/t23-,24?,25-,26?/m0/s1. The summed E-state index contributed by atoms with van der Waals surface area (Å²) in [5, 5.41) is 19.2. The maximum absolute atomic E-state index is 11.6. The van der Waals surface area contributed by atoms with Gasteiger partial charge in [0.05, 0.1) is 6.10 Å². The largest absolute Gasteiger partial charge is 0.462 e. The van der Waals surface area contributed by atoms with Gasteiger partial charge in [-0.25, -0.2) is 0 Å². The lowest BCUT2D eigenvalue weighted by atomic mass is 9.78. The molecule has 0 aromatic carbocycles. The number of carbonyl (C=O) groups excluding carboxylic acids is 1. The van der Waals surface area contributed by atoms with Crippen LogP contribution < -0.4 is 0 Å². The van der Waals surface area contributed by atoms with Gasteiger partial charge in [-0.05, 0) is 44.4 Å². The van der Waals surface area contributed by atoms with Crippen molar-refractivity contribution < 1.29 is 19.7 Å². The van der Waals surface area contributed by atoms with E-state index in [0.717, 1.165) is 44.9 Å². The molecule has 0 aromatic heterocycles. The Balaban J connectivity index is 2.50. The Bertz CT molecular complexity index is 523. The van der Waals surface area contributed by atoms with Gasteiger partial charge < -0.3 is 14.9 Å². The molecule has 1 rings (SSSR count). The maximum atomic E-state index is 11.6. The number of ether oxygens (including phenoxy) is 1. The van der Waals surface area contributed by atoms with Crippen LogP contribution in [0.15, 0.2) is 36.5 Å². The van der Waals surface area contributed by atoms with Gasteiger partial charge in [-0.1, -0.05) is 81.9 Å². The smallest absolute Gasteiger partial charge is 0.302 e. The number of aliphatic hydroxyl groups is 2. The van der Waals surface area contributed by atoms with E-state index in [4.69, 9.17) is 9.84 Å². The molecule has 0 fully saturated rings. The molecule has 1 aliphatic carbocycles. The third kappa shape index (κ3) is 12.3. The zero-order chi connectivity index (χ0) is 22.0. The summed E-state index contributed by atoms with van der Waals surface area (Å²) in [4.78, 5) is 11.6. The molecule has 2 N–H and O–H groups in total. The van der Waals surface area contributed by atoms with Gasteiger partial charge in [0, 0.05) is 19.4 Å². The molecule has 0 saturated carbocycles. The highest BCUT2D eigenvalue weighted by Crippen LogP contribution is 2.33. The van der Waals surface area contributed by atoms with E-state index in [1.165, 1.54) is 39.0 Å². The molecule has 0 amide bonds. The van der Waals surface area contributed by atoms with Crippen molar-refractivity contribution in [3.05, 3.63) is 36.5 Å². The predicted molar refractivity (Wildman–Crippen MR) is 124 cm³/mol. The summed E-state index contributed by atoms with van der Waals surface area (Å²) in [5.74, 6) is 0.336. The van der Waals surface area contributed by atoms with E-state index in [1.807, 2.05) is 18.2 Å². The summed E-state index contributed by atoms with van der Waals surface area (Å²) >= 11 is 0. The van der Waals surface area contributed by atoms with Gasteiger partial charge in [0.2, 0.25) is 0 Å². The molecule has 4 heteroatoms. The third-order valence-corrected chi connectivity index (χ3v) is 5.88. The number of allylic oxidation sites excluding steroid dienone is 5. The van der Waals surface area contributed by atoms with Gasteiger partial charge in [0.1, 0.15) is 6.10 Å². The normalized spacial score (nSPS) is 21.3. The van der Waals surface area contributed by atoms with Gasteiger partial charge in [-0.15, -0.1) is 0 Å². The van der Waals surface area contributed by atoms with E-state index >= 15 is 0 Å².